The SMILES string of the molecule is CCc1cc2ccc(OC)cc2nc1SCC(=O)c1ccc(NC(C)=O)cc1. The molecule has 28 heavy (non-hydrogen) atoms. The highest BCUT2D eigenvalue weighted by Crippen LogP contribution is 2.28. The van der Waals surface area contributed by atoms with Gasteiger partial charge in [-0.1, -0.05) is 18.7 Å². The van der Waals surface area contributed by atoms with Gasteiger partial charge in [-0.25, -0.2) is 4.98 Å². The molecule has 1 amide bonds. The topological polar surface area (TPSA) is 68.3 Å². The number of anilines is 1. The monoisotopic (exact) mass is 394 g/mol. The number of Topliss-reactive ketones (excluding diaryl/α,β-unsaturated/α-hetero) is 1. The number of ketones is 1. The number of carbonyl (C=O) groups excluding carboxylic acids is 2. The van der Waals surface area contributed by atoms with Gasteiger partial charge in [-0.15, -0.1) is 0 Å². The predicted octanol–water partition coefficient (Wildman–Crippen LogP) is 4.74. The van der Waals surface area contributed by atoms with E-state index in [0.717, 1.165) is 33.7 Å². The normalized spacial score (nSPS) is 10.7. The van der Waals surface area contributed by atoms with Crippen molar-refractivity contribution in [3.8, 4) is 5.75 Å². The third-order valence-corrected chi connectivity index (χ3v) is 5.35. The summed E-state index contributed by atoms with van der Waals surface area (Å²) in [6.07, 6.45) is 0.844. The van der Waals surface area contributed by atoms with Crippen LogP contribution in [0.2, 0.25) is 0 Å². The molecule has 0 spiro atoms. The van der Waals surface area contributed by atoms with E-state index in [1.54, 1.807) is 31.4 Å². The van der Waals surface area contributed by atoms with Crippen LogP contribution in [0.1, 0.15) is 29.8 Å². The van der Waals surface area contributed by atoms with Gasteiger partial charge < -0.3 is 10.1 Å². The first kappa shape index (κ1) is 19.9. The summed E-state index contributed by atoms with van der Waals surface area (Å²) in [5.41, 5.74) is 3.26. The molecule has 144 valence electrons. The predicted molar refractivity (Wildman–Crippen MR) is 113 cm³/mol. The molecular formula is C22H22N2O3S. The van der Waals surface area contributed by atoms with Crippen LogP contribution in [0.15, 0.2) is 53.6 Å². The molecule has 0 fully saturated rings. The van der Waals surface area contributed by atoms with Crippen LogP contribution in [0.4, 0.5) is 5.69 Å². The molecule has 0 bridgehead atoms. The summed E-state index contributed by atoms with van der Waals surface area (Å²) in [5.74, 6) is 0.944. The number of hydrogen-bond donors (Lipinski definition) is 1. The second-order valence-corrected chi connectivity index (χ2v) is 7.30. The number of nitrogens with one attached hydrogen (secondary N) is 1. The average Bonchev–Trinajstić information content (AvgIpc) is 2.70. The third kappa shape index (κ3) is 4.70. The quantitative estimate of drug-likeness (QED) is 0.463. The number of pyridine rings is 1. The van der Waals surface area contributed by atoms with E-state index in [0.29, 0.717) is 17.0 Å². The van der Waals surface area contributed by atoms with Gasteiger partial charge >= 0.3 is 0 Å². The van der Waals surface area contributed by atoms with Crippen LogP contribution in [-0.4, -0.2) is 29.5 Å². The van der Waals surface area contributed by atoms with Crippen LogP contribution in [0.5, 0.6) is 5.75 Å². The van der Waals surface area contributed by atoms with Gasteiger partial charge in [-0.2, -0.15) is 0 Å². The lowest BCUT2D eigenvalue weighted by atomic mass is 10.1. The van der Waals surface area contributed by atoms with Crippen LogP contribution in [-0.2, 0) is 11.2 Å². The zero-order valence-electron chi connectivity index (χ0n) is 16.1. The lowest BCUT2D eigenvalue weighted by Crippen LogP contribution is -2.07. The van der Waals surface area contributed by atoms with Crippen LogP contribution in [0, 0.1) is 0 Å². The summed E-state index contributed by atoms with van der Waals surface area (Å²) in [4.78, 5) is 28.4. The van der Waals surface area contributed by atoms with Gasteiger partial charge in [-0.3, -0.25) is 9.59 Å². The second kappa shape index (κ2) is 8.89. The van der Waals surface area contributed by atoms with Crippen molar-refractivity contribution in [3.63, 3.8) is 0 Å². The summed E-state index contributed by atoms with van der Waals surface area (Å²) in [6, 6.07) is 14.9. The summed E-state index contributed by atoms with van der Waals surface area (Å²) >= 11 is 1.45. The molecule has 0 unspecified atom stereocenters. The van der Waals surface area contributed by atoms with Gasteiger partial charge in [0.1, 0.15) is 10.8 Å². The van der Waals surface area contributed by atoms with Crippen LogP contribution >= 0.6 is 11.8 Å². The number of ether oxygens (including phenoxy) is 1. The number of nitrogens with zero attached hydrogens (tertiary/aromatic N) is 1. The van der Waals surface area contributed by atoms with E-state index in [1.807, 2.05) is 18.2 Å². The zero-order chi connectivity index (χ0) is 20.1. The van der Waals surface area contributed by atoms with Crippen molar-refractivity contribution in [1.82, 2.24) is 4.98 Å². The number of benzene rings is 2. The van der Waals surface area contributed by atoms with E-state index >= 15 is 0 Å². The average molecular weight is 394 g/mol. The summed E-state index contributed by atoms with van der Waals surface area (Å²) < 4.78 is 5.28. The van der Waals surface area contributed by atoms with Crippen molar-refractivity contribution in [2.75, 3.05) is 18.2 Å². The molecule has 1 aromatic heterocycles. The van der Waals surface area contributed by atoms with Crippen molar-refractivity contribution < 1.29 is 14.3 Å². The highest BCUT2D eigenvalue weighted by Gasteiger charge is 2.12. The lowest BCUT2D eigenvalue weighted by Gasteiger charge is -2.10. The maximum absolute atomic E-state index is 12.6. The van der Waals surface area contributed by atoms with Gasteiger partial charge in [0.2, 0.25) is 5.91 Å². The molecule has 3 aromatic rings. The van der Waals surface area contributed by atoms with E-state index in [1.165, 1.54) is 18.7 Å². The Bertz CT molecular complexity index is 1020. The highest BCUT2D eigenvalue weighted by atomic mass is 32.2. The first-order valence-electron chi connectivity index (χ1n) is 9.01. The minimum atomic E-state index is -0.138. The van der Waals surface area contributed by atoms with Crippen molar-refractivity contribution in [2.45, 2.75) is 25.3 Å². The van der Waals surface area contributed by atoms with E-state index in [2.05, 4.69) is 18.3 Å². The standard InChI is InChI=1S/C22H22N2O3S/c1-4-15-11-17-7-10-19(27-3)12-20(17)24-22(15)28-13-21(26)16-5-8-18(9-6-16)23-14(2)25/h5-12H,4,13H2,1-3H3,(H,23,25). The second-order valence-electron chi connectivity index (χ2n) is 6.34. The van der Waals surface area contributed by atoms with Crippen molar-refractivity contribution >= 4 is 40.0 Å². The maximum atomic E-state index is 12.6. The molecular weight excluding hydrogens is 372 g/mol. The highest BCUT2D eigenvalue weighted by molar-refractivity contribution is 8.00. The Morgan fingerprint density at radius 2 is 1.86 bits per heavy atom. The first-order valence-corrected chi connectivity index (χ1v) is 10.00. The number of carbonyl (C=O) groups is 2. The van der Waals surface area contributed by atoms with Crippen LogP contribution in [0.25, 0.3) is 10.9 Å². The molecule has 0 saturated heterocycles. The molecule has 0 saturated carbocycles. The number of rotatable bonds is 7. The Morgan fingerprint density at radius 3 is 2.50 bits per heavy atom. The summed E-state index contributed by atoms with van der Waals surface area (Å²) in [6.45, 7) is 3.53. The minimum absolute atomic E-state index is 0.0222. The van der Waals surface area contributed by atoms with Crippen molar-refractivity contribution in [2.24, 2.45) is 0 Å². The molecule has 0 aliphatic carbocycles. The largest absolute Gasteiger partial charge is 0.497 e. The van der Waals surface area contributed by atoms with Crippen LogP contribution in [0.3, 0.4) is 0 Å². The van der Waals surface area contributed by atoms with E-state index < -0.39 is 0 Å². The Labute approximate surface area is 168 Å². The van der Waals surface area contributed by atoms with Gasteiger partial charge in [0.15, 0.2) is 5.78 Å². The molecule has 0 atom stereocenters. The molecule has 5 nitrogen and oxygen atoms in total. The molecule has 0 radical (unpaired) electrons. The van der Waals surface area contributed by atoms with E-state index in [-0.39, 0.29) is 11.7 Å². The fourth-order valence-corrected chi connectivity index (χ4v) is 3.82. The Morgan fingerprint density at radius 1 is 1.11 bits per heavy atom. The van der Waals surface area contributed by atoms with Gasteiger partial charge in [0.25, 0.3) is 0 Å². The fourth-order valence-electron chi connectivity index (χ4n) is 2.84. The van der Waals surface area contributed by atoms with Crippen LogP contribution < -0.4 is 10.1 Å². The number of aromatic nitrogens is 1. The summed E-state index contributed by atoms with van der Waals surface area (Å²) in [7, 11) is 1.63. The third-order valence-electron chi connectivity index (χ3n) is 4.31. The van der Waals surface area contributed by atoms with E-state index in [4.69, 9.17) is 9.72 Å². The number of fused-ring (bicyclic) bond motifs is 1. The van der Waals surface area contributed by atoms with Crippen molar-refractivity contribution in [3.05, 3.63) is 59.7 Å². The molecule has 0 aliphatic heterocycles. The Balaban J connectivity index is 1.76. The number of aryl methyl sites for hydroxylation is 1. The van der Waals surface area contributed by atoms with Crippen molar-refractivity contribution in [1.29, 1.82) is 0 Å². The Hall–Kier alpha value is -2.86. The molecule has 3 rings (SSSR count). The lowest BCUT2D eigenvalue weighted by molar-refractivity contribution is -0.114. The van der Waals surface area contributed by atoms with Gasteiger partial charge in [-0.05, 0) is 54.4 Å². The maximum Gasteiger partial charge on any atom is 0.221 e. The number of thioether (sulfide) groups is 1. The zero-order valence-corrected chi connectivity index (χ0v) is 16.9. The molecule has 2 aromatic carbocycles. The smallest absolute Gasteiger partial charge is 0.221 e. The van der Waals surface area contributed by atoms with Gasteiger partial charge in [0.05, 0.1) is 18.4 Å². The molecule has 1 heterocycles. The Kier molecular flexibility index (Phi) is 6.31. The number of methoxy groups -OCH3 is 1. The number of hydrogen-bond acceptors (Lipinski definition) is 5. The number of amides is 1. The molecule has 1 N–H and O–H groups in total. The minimum Gasteiger partial charge on any atom is -0.497 e. The van der Waals surface area contributed by atoms with E-state index in [9.17, 15) is 9.59 Å². The van der Waals surface area contributed by atoms with Gasteiger partial charge in [0, 0.05) is 29.6 Å². The molecule has 0 aliphatic rings. The first-order chi connectivity index (χ1) is 13.5. The summed E-state index contributed by atoms with van der Waals surface area (Å²) in [5, 5.41) is 4.62. The molecule has 6 heteroatoms. The fraction of sp³-hybridized carbons (Fsp3) is 0.227.